The van der Waals surface area contributed by atoms with Crippen molar-refractivity contribution in [2.45, 2.75) is 11.8 Å². The van der Waals surface area contributed by atoms with E-state index in [1.165, 1.54) is 0 Å². The Labute approximate surface area is 121 Å². The summed E-state index contributed by atoms with van der Waals surface area (Å²) in [6, 6.07) is 6.28. The maximum absolute atomic E-state index is 13.4. The van der Waals surface area contributed by atoms with Gasteiger partial charge in [-0.3, -0.25) is 4.79 Å². The maximum atomic E-state index is 13.4. The molecular formula is C13H14FN3O3S. The van der Waals surface area contributed by atoms with Gasteiger partial charge < -0.3 is 9.88 Å². The molecule has 0 radical (unpaired) electrons. The lowest BCUT2D eigenvalue weighted by Crippen LogP contribution is -2.17. The number of anilines is 1. The molecule has 1 heterocycles. The third-order valence-corrected chi connectivity index (χ3v) is 3.96. The first-order chi connectivity index (χ1) is 9.68. The number of halogens is 1. The van der Waals surface area contributed by atoms with Gasteiger partial charge in [-0.1, -0.05) is 0 Å². The number of amides is 1. The Morgan fingerprint density at radius 3 is 2.48 bits per heavy atom. The second-order valence-electron chi connectivity index (χ2n) is 4.59. The molecule has 112 valence electrons. The minimum absolute atomic E-state index is 0.0166. The number of aromatic nitrogens is 1. The van der Waals surface area contributed by atoms with Crippen LogP contribution < -0.4 is 10.5 Å². The fraction of sp³-hybridized carbons (Fsp3) is 0.154. The number of hydrogen-bond donors (Lipinski definition) is 2. The van der Waals surface area contributed by atoms with Crippen molar-refractivity contribution in [1.29, 1.82) is 0 Å². The number of carbonyl (C=O) groups is 1. The number of nitrogens with one attached hydrogen (secondary N) is 1. The lowest BCUT2D eigenvalue weighted by molar-refractivity contribution is 0.101. The van der Waals surface area contributed by atoms with Crippen LogP contribution in [-0.2, 0) is 17.1 Å². The lowest BCUT2D eigenvalue weighted by Gasteiger charge is -2.08. The van der Waals surface area contributed by atoms with Gasteiger partial charge in [-0.25, -0.2) is 17.9 Å². The van der Waals surface area contributed by atoms with Crippen LogP contribution in [0.3, 0.4) is 0 Å². The third kappa shape index (κ3) is 3.29. The van der Waals surface area contributed by atoms with Crippen molar-refractivity contribution in [3.8, 4) is 0 Å². The number of aryl methyl sites for hydroxylation is 1. The number of nitrogens with two attached hydrogens (primary N) is 1. The molecule has 0 saturated carbocycles. The standard InChI is InChI=1S/C13H14FN3O3S/c1-8-3-4-12(17(8)2)13(18)16-10-5-9(14)6-11(7-10)21(15,19)20/h3-7H,1-2H3,(H,16,18)(H2,15,19,20). The largest absolute Gasteiger partial charge is 0.344 e. The molecule has 21 heavy (non-hydrogen) atoms. The molecule has 0 aliphatic rings. The van der Waals surface area contributed by atoms with Crippen molar-refractivity contribution in [1.82, 2.24) is 4.57 Å². The molecule has 3 N–H and O–H groups in total. The summed E-state index contributed by atoms with van der Waals surface area (Å²) < 4.78 is 37.6. The van der Waals surface area contributed by atoms with Crippen molar-refractivity contribution >= 4 is 21.6 Å². The van der Waals surface area contributed by atoms with Crippen LogP contribution >= 0.6 is 0 Å². The molecule has 1 aromatic carbocycles. The van der Waals surface area contributed by atoms with Crippen molar-refractivity contribution in [2.75, 3.05) is 5.32 Å². The normalized spacial score (nSPS) is 11.4. The molecule has 1 amide bonds. The molecule has 0 fully saturated rings. The summed E-state index contributed by atoms with van der Waals surface area (Å²) >= 11 is 0. The number of primary sulfonamides is 1. The SMILES string of the molecule is Cc1ccc(C(=O)Nc2cc(F)cc(S(N)(=O)=O)c2)n1C. The van der Waals surface area contributed by atoms with E-state index in [-0.39, 0.29) is 5.69 Å². The molecule has 0 saturated heterocycles. The number of benzene rings is 1. The third-order valence-electron chi connectivity index (χ3n) is 3.06. The number of rotatable bonds is 3. The summed E-state index contributed by atoms with van der Waals surface area (Å²) in [7, 11) is -2.33. The smallest absolute Gasteiger partial charge is 0.272 e. The van der Waals surface area contributed by atoms with E-state index < -0.39 is 26.6 Å². The summed E-state index contributed by atoms with van der Waals surface area (Å²) in [5.41, 5.74) is 1.27. The molecular weight excluding hydrogens is 297 g/mol. The van der Waals surface area contributed by atoms with E-state index >= 15 is 0 Å². The van der Waals surface area contributed by atoms with E-state index in [9.17, 15) is 17.6 Å². The van der Waals surface area contributed by atoms with Crippen LogP contribution in [0.2, 0.25) is 0 Å². The Morgan fingerprint density at radius 2 is 1.95 bits per heavy atom. The van der Waals surface area contributed by atoms with E-state index in [2.05, 4.69) is 5.32 Å². The maximum Gasteiger partial charge on any atom is 0.272 e. The Kier molecular flexibility index (Phi) is 3.84. The summed E-state index contributed by atoms with van der Waals surface area (Å²) in [6.07, 6.45) is 0. The first-order valence-corrected chi connectivity index (χ1v) is 7.50. The lowest BCUT2D eigenvalue weighted by atomic mass is 10.3. The summed E-state index contributed by atoms with van der Waals surface area (Å²) in [6.45, 7) is 1.83. The quantitative estimate of drug-likeness (QED) is 0.896. The van der Waals surface area contributed by atoms with Crippen LogP contribution in [0.4, 0.5) is 10.1 Å². The van der Waals surface area contributed by atoms with Gasteiger partial charge in [0.15, 0.2) is 0 Å². The van der Waals surface area contributed by atoms with Gasteiger partial charge >= 0.3 is 0 Å². The molecule has 0 atom stereocenters. The predicted molar refractivity (Wildman–Crippen MR) is 75.9 cm³/mol. The van der Waals surface area contributed by atoms with E-state index in [0.29, 0.717) is 5.69 Å². The fourth-order valence-electron chi connectivity index (χ4n) is 1.84. The first kappa shape index (κ1) is 15.2. The van der Waals surface area contributed by atoms with Crippen LogP contribution in [0.25, 0.3) is 0 Å². The van der Waals surface area contributed by atoms with Crippen LogP contribution in [0.15, 0.2) is 35.2 Å². The van der Waals surface area contributed by atoms with Gasteiger partial charge in [-0.05, 0) is 37.3 Å². The Bertz CT molecular complexity index is 812. The van der Waals surface area contributed by atoms with Crippen molar-refractivity contribution < 1.29 is 17.6 Å². The topological polar surface area (TPSA) is 94.2 Å². The zero-order valence-corrected chi connectivity index (χ0v) is 12.2. The average molecular weight is 311 g/mol. The van der Waals surface area contributed by atoms with Crippen LogP contribution in [0.1, 0.15) is 16.2 Å². The molecule has 1 aromatic heterocycles. The minimum atomic E-state index is -4.05. The van der Waals surface area contributed by atoms with Gasteiger partial charge in [0.05, 0.1) is 4.90 Å². The average Bonchev–Trinajstić information content (AvgIpc) is 2.68. The van der Waals surface area contributed by atoms with Crippen molar-refractivity contribution in [3.63, 3.8) is 0 Å². The Balaban J connectivity index is 2.34. The number of nitrogens with zero attached hydrogens (tertiary/aromatic N) is 1. The number of carbonyl (C=O) groups excluding carboxylic acids is 1. The highest BCUT2D eigenvalue weighted by molar-refractivity contribution is 7.89. The molecule has 0 spiro atoms. The summed E-state index contributed by atoms with van der Waals surface area (Å²) in [4.78, 5) is 11.7. The molecule has 0 aliphatic heterocycles. The van der Waals surface area contributed by atoms with Crippen LogP contribution in [0.5, 0.6) is 0 Å². The second-order valence-corrected chi connectivity index (χ2v) is 6.16. The highest BCUT2D eigenvalue weighted by Crippen LogP contribution is 2.18. The van der Waals surface area contributed by atoms with Crippen molar-refractivity contribution in [2.24, 2.45) is 12.2 Å². The van der Waals surface area contributed by atoms with E-state index in [1.807, 2.05) is 6.92 Å². The zero-order valence-electron chi connectivity index (χ0n) is 11.4. The Hall–Kier alpha value is -2.19. The molecule has 2 aromatic rings. The van der Waals surface area contributed by atoms with Crippen LogP contribution in [0, 0.1) is 12.7 Å². The van der Waals surface area contributed by atoms with E-state index in [4.69, 9.17) is 5.14 Å². The van der Waals surface area contributed by atoms with E-state index in [0.717, 1.165) is 23.9 Å². The molecule has 2 rings (SSSR count). The van der Waals surface area contributed by atoms with Crippen molar-refractivity contribution in [3.05, 3.63) is 47.5 Å². The van der Waals surface area contributed by atoms with Gasteiger partial charge in [-0.15, -0.1) is 0 Å². The molecule has 8 heteroatoms. The van der Waals surface area contributed by atoms with Gasteiger partial charge in [0.25, 0.3) is 5.91 Å². The molecule has 0 unspecified atom stereocenters. The van der Waals surface area contributed by atoms with Gasteiger partial charge in [0.2, 0.25) is 10.0 Å². The fourth-order valence-corrected chi connectivity index (χ4v) is 2.40. The molecule has 0 bridgehead atoms. The number of sulfonamides is 1. The highest BCUT2D eigenvalue weighted by Gasteiger charge is 2.15. The predicted octanol–water partition coefficient (Wildman–Crippen LogP) is 1.37. The minimum Gasteiger partial charge on any atom is -0.344 e. The number of hydrogen-bond acceptors (Lipinski definition) is 3. The summed E-state index contributed by atoms with van der Waals surface area (Å²) in [5.74, 6) is -1.28. The highest BCUT2D eigenvalue weighted by atomic mass is 32.2. The van der Waals surface area contributed by atoms with Crippen LogP contribution in [-0.4, -0.2) is 18.9 Å². The summed E-state index contributed by atoms with van der Waals surface area (Å²) in [5, 5.41) is 7.40. The zero-order chi connectivity index (χ0) is 15.8. The second kappa shape index (κ2) is 5.30. The van der Waals surface area contributed by atoms with Gasteiger partial charge in [-0.2, -0.15) is 0 Å². The molecule has 0 aliphatic carbocycles. The van der Waals surface area contributed by atoms with Gasteiger partial charge in [0.1, 0.15) is 11.5 Å². The monoisotopic (exact) mass is 311 g/mol. The van der Waals surface area contributed by atoms with Gasteiger partial charge in [0, 0.05) is 18.4 Å². The van der Waals surface area contributed by atoms with E-state index in [1.54, 1.807) is 23.7 Å². The molecule has 6 nitrogen and oxygen atoms in total. The first-order valence-electron chi connectivity index (χ1n) is 5.95. The Morgan fingerprint density at radius 1 is 1.29 bits per heavy atom.